The molecule has 110 valence electrons. The molecule has 0 aliphatic rings. The topological polar surface area (TPSA) is 43.4 Å². The van der Waals surface area contributed by atoms with E-state index in [1.807, 2.05) is 48.5 Å². The molecule has 0 saturated carbocycles. The van der Waals surface area contributed by atoms with Crippen molar-refractivity contribution in [3.05, 3.63) is 60.2 Å². The van der Waals surface area contributed by atoms with E-state index in [4.69, 9.17) is 4.74 Å². The predicted octanol–water partition coefficient (Wildman–Crippen LogP) is 4.19. The van der Waals surface area contributed by atoms with Crippen molar-refractivity contribution in [1.29, 1.82) is 0 Å². The van der Waals surface area contributed by atoms with Gasteiger partial charge >= 0.3 is 5.97 Å². The van der Waals surface area contributed by atoms with E-state index in [9.17, 15) is 9.59 Å². The minimum atomic E-state index is -0.881. The first-order chi connectivity index (χ1) is 10.6. The van der Waals surface area contributed by atoms with E-state index in [2.05, 4.69) is 6.07 Å². The largest absolute Gasteiger partial charge is 0.450 e. The van der Waals surface area contributed by atoms with E-state index in [0.29, 0.717) is 0 Å². The molecule has 0 heterocycles. The second-order valence-electron chi connectivity index (χ2n) is 5.33. The summed E-state index contributed by atoms with van der Waals surface area (Å²) in [5, 5.41) is 3.91. The van der Waals surface area contributed by atoms with Crippen molar-refractivity contribution in [2.24, 2.45) is 0 Å². The Morgan fingerprint density at radius 2 is 1.36 bits per heavy atom. The summed E-state index contributed by atoms with van der Waals surface area (Å²) in [7, 11) is 0. The average Bonchev–Trinajstić information content (AvgIpc) is 2.50. The number of benzene rings is 3. The van der Waals surface area contributed by atoms with Crippen molar-refractivity contribution >= 4 is 33.3 Å². The van der Waals surface area contributed by atoms with E-state index >= 15 is 0 Å². The molecule has 0 aliphatic heterocycles. The number of esters is 1. The standard InChI is InChI=1S/C19H16O3/c1-12(20)19(22-13(2)21)18-16-9-5-3-7-14(16)11-15-8-4-6-10-17(15)18/h3-11,19H,1-2H3. The SMILES string of the molecule is CC(=O)OC(C(C)=O)c1c2ccccc2cc2ccccc12. The molecule has 3 aromatic carbocycles. The fourth-order valence-corrected chi connectivity index (χ4v) is 2.84. The van der Waals surface area contributed by atoms with Gasteiger partial charge in [-0.05, 0) is 34.5 Å². The maximum Gasteiger partial charge on any atom is 0.303 e. The molecule has 1 unspecified atom stereocenters. The van der Waals surface area contributed by atoms with Gasteiger partial charge in [-0.3, -0.25) is 9.59 Å². The third-order valence-electron chi connectivity index (χ3n) is 3.73. The number of ether oxygens (including phenoxy) is 1. The molecule has 0 aromatic heterocycles. The van der Waals surface area contributed by atoms with Crippen molar-refractivity contribution in [2.45, 2.75) is 20.0 Å². The van der Waals surface area contributed by atoms with E-state index < -0.39 is 12.1 Å². The smallest absolute Gasteiger partial charge is 0.303 e. The lowest BCUT2D eigenvalue weighted by atomic mass is 9.92. The van der Waals surface area contributed by atoms with Crippen LogP contribution in [0.1, 0.15) is 25.5 Å². The summed E-state index contributed by atoms with van der Waals surface area (Å²) in [4.78, 5) is 23.5. The molecule has 3 aromatic rings. The highest BCUT2D eigenvalue weighted by atomic mass is 16.5. The molecular weight excluding hydrogens is 276 g/mol. The molecule has 3 heteroatoms. The Morgan fingerprint density at radius 1 is 0.864 bits per heavy atom. The Labute approximate surface area is 128 Å². The zero-order valence-corrected chi connectivity index (χ0v) is 12.5. The zero-order valence-electron chi connectivity index (χ0n) is 12.5. The predicted molar refractivity (Wildman–Crippen MR) is 86.6 cm³/mol. The number of Topliss-reactive ketones (excluding diaryl/α,β-unsaturated/α-hetero) is 1. The normalized spacial score (nSPS) is 12.3. The molecule has 0 aliphatic carbocycles. The minimum absolute atomic E-state index is 0.184. The van der Waals surface area contributed by atoms with Gasteiger partial charge in [0.2, 0.25) is 0 Å². The summed E-state index contributed by atoms with van der Waals surface area (Å²) >= 11 is 0. The van der Waals surface area contributed by atoms with E-state index in [1.165, 1.54) is 13.8 Å². The second kappa shape index (κ2) is 5.60. The zero-order chi connectivity index (χ0) is 15.7. The average molecular weight is 292 g/mol. The van der Waals surface area contributed by atoms with Crippen molar-refractivity contribution < 1.29 is 14.3 Å². The second-order valence-corrected chi connectivity index (χ2v) is 5.33. The van der Waals surface area contributed by atoms with E-state index in [-0.39, 0.29) is 5.78 Å². The van der Waals surface area contributed by atoms with Crippen molar-refractivity contribution in [3.63, 3.8) is 0 Å². The first-order valence-electron chi connectivity index (χ1n) is 7.16. The van der Waals surface area contributed by atoms with Crippen LogP contribution in [0.25, 0.3) is 21.5 Å². The molecule has 0 radical (unpaired) electrons. The molecule has 0 spiro atoms. The Bertz CT molecular complexity index is 826. The van der Waals surface area contributed by atoms with Crippen LogP contribution in [0.4, 0.5) is 0 Å². The van der Waals surface area contributed by atoms with Crippen molar-refractivity contribution in [3.8, 4) is 0 Å². The summed E-state index contributed by atoms with van der Waals surface area (Å²) in [6.07, 6.45) is -0.881. The lowest BCUT2D eigenvalue weighted by Gasteiger charge is -2.19. The van der Waals surface area contributed by atoms with E-state index in [0.717, 1.165) is 27.1 Å². The molecule has 0 bridgehead atoms. The summed E-state index contributed by atoms with van der Waals surface area (Å²) in [6, 6.07) is 17.7. The fraction of sp³-hybridized carbons (Fsp3) is 0.158. The van der Waals surface area contributed by atoms with Gasteiger partial charge < -0.3 is 4.74 Å². The number of hydrogen-bond donors (Lipinski definition) is 0. The number of hydrogen-bond acceptors (Lipinski definition) is 3. The minimum Gasteiger partial charge on any atom is -0.450 e. The summed E-state index contributed by atoms with van der Waals surface area (Å²) in [6.45, 7) is 2.77. The summed E-state index contributed by atoms with van der Waals surface area (Å²) < 4.78 is 5.33. The monoisotopic (exact) mass is 292 g/mol. The Morgan fingerprint density at radius 3 is 1.82 bits per heavy atom. The third kappa shape index (κ3) is 2.46. The van der Waals surface area contributed by atoms with Gasteiger partial charge in [-0.15, -0.1) is 0 Å². The molecule has 3 nitrogen and oxygen atoms in total. The van der Waals surface area contributed by atoms with E-state index in [1.54, 1.807) is 0 Å². The van der Waals surface area contributed by atoms with Crippen molar-refractivity contribution in [2.75, 3.05) is 0 Å². The lowest BCUT2D eigenvalue weighted by molar-refractivity contribution is -0.152. The molecule has 22 heavy (non-hydrogen) atoms. The Balaban J connectivity index is 2.40. The van der Waals surface area contributed by atoms with Crippen LogP contribution in [-0.4, -0.2) is 11.8 Å². The highest BCUT2D eigenvalue weighted by molar-refractivity contribution is 6.05. The highest BCUT2D eigenvalue weighted by Gasteiger charge is 2.24. The van der Waals surface area contributed by atoms with Gasteiger partial charge in [-0.1, -0.05) is 48.5 Å². The quantitative estimate of drug-likeness (QED) is 0.537. The van der Waals surface area contributed by atoms with Gasteiger partial charge in [0.15, 0.2) is 11.9 Å². The number of fused-ring (bicyclic) bond motifs is 2. The van der Waals surface area contributed by atoms with Crippen LogP contribution in [0, 0.1) is 0 Å². The number of rotatable bonds is 3. The lowest BCUT2D eigenvalue weighted by Crippen LogP contribution is -2.16. The van der Waals surface area contributed by atoms with Gasteiger partial charge in [0.05, 0.1) is 0 Å². The molecule has 1 atom stereocenters. The number of carbonyl (C=O) groups excluding carboxylic acids is 2. The molecular formula is C19H16O3. The molecule has 3 rings (SSSR count). The van der Waals surface area contributed by atoms with Gasteiger partial charge in [0.1, 0.15) is 0 Å². The van der Waals surface area contributed by atoms with Gasteiger partial charge in [-0.2, -0.15) is 0 Å². The molecule has 0 saturated heterocycles. The Kier molecular flexibility index (Phi) is 3.63. The molecule has 0 N–H and O–H groups in total. The maximum atomic E-state index is 12.1. The first-order valence-corrected chi connectivity index (χ1v) is 7.16. The van der Waals surface area contributed by atoms with Crippen LogP contribution in [0.15, 0.2) is 54.6 Å². The fourth-order valence-electron chi connectivity index (χ4n) is 2.84. The Hall–Kier alpha value is -2.68. The number of ketones is 1. The third-order valence-corrected chi connectivity index (χ3v) is 3.73. The van der Waals surface area contributed by atoms with Crippen molar-refractivity contribution in [1.82, 2.24) is 0 Å². The first kappa shape index (κ1) is 14.3. The highest BCUT2D eigenvalue weighted by Crippen LogP contribution is 2.34. The van der Waals surface area contributed by atoms with Crippen LogP contribution >= 0.6 is 0 Å². The maximum absolute atomic E-state index is 12.1. The van der Waals surface area contributed by atoms with Crippen LogP contribution in [0.3, 0.4) is 0 Å². The van der Waals surface area contributed by atoms with Gasteiger partial charge in [0, 0.05) is 12.5 Å². The van der Waals surface area contributed by atoms with Crippen LogP contribution in [0.2, 0.25) is 0 Å². The summed E-state index contributed by atoms with van der Waals surface area (Å²) in [5.74, 6) is -0.645. The van der Waals surface area contributed by atoms with Gasteiger partial charge in [-0.25, -0.2) is 0 Å². The van der Waals surface area contributed by atoms with Crippen LogP contribution < -0.4 is 0 Å². The van der Waals surface area contributed by atoms with Crippen LogP contribution in [0.5, 0.6) is 0 Å². The van der Waals surface area contributed by atoms with Gasteiger partial charge in [0.25, 0.3) is 0 Å². The molecule has 0 amide bonds. The summed E-state index contributed by atoms with van der Waals surface area (Å²) in [5.41, 5.74) is 0.761. The number of carbonyl (C=O) groups is 2. The van der Waals surface area contributed by atoms with Crippen LogP contribution in [-0.2, 0) is 14.3 Å². The molecule has 0 fully saturated rings.